The molecule has 31 heavy (non-hydrogen) atoms. The third-order valence-electron chi connectivity index (χ3n) is 5.70. The summed E-state index contributed by atoms with van der Waals surface area (Å²) in [6.07, 6.45) is 3.58. The lowest BCUT2D eigenvalue weighted by atomic mass is 9.86. The van der Waals surface area contributed by atoms with Gasteiger partial charge in [0, 0.05) is 18.3 Å². The van der Waals surface area contributed by atoms with Gasteiger partial charge < -0.3 is 10.2 Å². The number of carboxylic acids is 2. The number of nitrogens with zero attached hydrogens (tertiary/aromatic N) is 3. The molecule has 2 N–H and O–H groups in total. The molecule has 2 heterocycles. The van der Waals surface area contributed by atoms with Crippen molar-refractivity contribution < 1.29 is 24.6 Å². The zero-order valence-corrected chi connectivity index (χ0v) is 17.2. The molecule has 0 saturated carbocycles. The number of carbonyl (C=O) groups excluding carboxylic acids is 1. The van der Waals surface area contributed by atoms with Crippen LogP contribution in [-0.2, 0) is 35.3 Å². The maximum atomic E-state index is 11.1. The second kappa shape index (κ2) is 9.47. The number of carboxylic acid groups (broad SMARTS) is 2. The second-order valence-corrected chi connectivity index (χ2v) is 7.83. The molecule has 4 rings (SSSR count). The van der Waals surface area contributed by atoms with E-state index in [0.29, 0.717) is 49.9 Å². The van der Waals surface area contributed by atoms with E-state index in [-0.39, 0.29) is 17.6 Å². The molecule has 2 atom stereocenters. The largest absolute Gasteiger partial charge is 0.481 e. The number of pyridine rings is 2. The van der Waals surface area contributed by atoms with Gasteiger partial charge in [-0.2, -0.15) is 5.26 Å². The molecule has 0 spiro atoms. The van der Waals surface area contributed by atoms with Gasteiger partial charge in [0.1, 0.15) is 17.5 Å². The number of ketones is 1. The van der Waals surface area contributed by atoms with Gasteiger partial charge in [0.2, 0.25) is 0 Å². The Morgan fingerprint density at radius 3 is 1.90 bits per heavy atom. The highest BCUT2D eigenvalue weighted by atomic mass is 16.4. The molecule has 0 bridgehead atoms. The molecule has 0 fully saturated rings. The molecule has 8 heteroatoms. The number of nitriles is 1. The number of rotatable bonds is 3. The van der Waals surface area contributed by atoms with Gasteiger partial charge in [-0.25, -0.2) is 9.97 Å². The fraction of sp³-hybridized carbons (Fsp3) is 0.391. The van der Waals surface area contributed by atoms with Gasteiger partial charge in [-0.15, -0.1) is 0 Å². The van der Waals surface area contributed by atoms with Crippen LogP contribution in [0, 0.1) is 23.2 Å². The molecule has 2 aromatic heterocycles. The lowest BCUT2D eigenvalue weighted by Gasteiger charge is -2.20. The Bertz CT molecular complexity index is 1070. The molecule has 0 aliphatic heterocycles. The third-order valence-corrected chi connectivity index (χ3v) is 5.70. The standard InChI is InChI=1S/C12H13NO3.C11H10N2O2/c1-7(14)10-4-2-8-6-9(12(15)16)3-5-11(8)13-10;12-6-9-3-1-7-5-8(11(14)15)2-4-10(7)13-9/h2,4,9H,3,5-6H2,1H3,(H,15,16);1,3,8H,2,4-5H2,(H,14,15). The summed E-state index contributed by atoms with van der Waals surface area (Å²) >= 11 is 0. The van der Waals surface area contributed by atoms with E-state index in [0.717, 1.165) is 22.5 Å². The van der Waals surface area contributed by atoms with E-state index in [1.807, 2.05) is 18.2 Å². The van der Waals surface area contributed by atoms with Gasteiger partial charge in [-0.1, -0.05) is 12.1 Å². The molecule has 0 radical (unpaired) electrons. The van der Waals surface area contributed by atoms with Crippen molar-refractivity contribution in [2.45, 2.75) is 45.4 Å². The van der Waals surface area contributed by atoms with Gasteiger partial charge in [-0.3, -0.25) is 14.4 Å². The summed E-state index contributed by atoms with van der Waals surface area (Å²) in [6, 6.07) is 8.94. The summed E-state index contributed by atoms with van der Waals surface area (Å²) in [7, 11) is 0. The minimum atomic E-state index is -0.749. The Morgan fingerprint density at radius 1 is 0.903 bits per heavy atom. The fourth-order valence-corrected chi connectivity index (χ4v) is 3.90. The lowest BCUT2D eigenvalue weighted by molar-refractivity contribution is -0.143. The normalized spacial score (nSPS) is 19.0. The number of Topliss-reactive ketones (excluding diaryl/α,β-unsaturated/α-hetero) is 1. The van der Waals surface area contributed by atoms with E-state index in [4.69, 9.17) is 15.5 Å². The zero-order chi connectivity index (χ0) is 22.5. The average molecular weight is 421 g/mol. The maximum Gasteiger partial charge on any atom is 0.306 e. The third kappa shape index (κ3) is 5.31. The Hall–Kier alpha value is -3.60. The highest BCUT2D eigenvalue weighted by Crippen LogP contribution is 2.25. The summed E-state index contributed by atoms with van der Waals surface area (Å²) in [5.74, 6) is -2.15. The van der Waals surface area contributed by atoms with E-state index >= 15 is 0 Å². The molecular formula is C23H23N3O5. The molecular weight excluding hydrogens is 398 g/mol. The van der Waals surface area contributed by atoms with Crippen LogP contribution in [0.25, 0.3) is 0 Å². The van der Waals surface area contributed by atoms with Crippen molar-refractivity contribution in [2.24, 2.45) is 11.8 Å². The van der Waals surface area contributed by atoms with Gasteiger partial charge in [0.15, 0.2) is 5.78 Å². The van der Waals surface area contributed by atoms with Crippen molar-refractivity contribution in [2.75, 3.05) is 0 Å². The summed E-state index contributed by atoms with van der Waals surface area (Å²) in [4.78, 5) is 41.3. The molecule has 2 unspecified atom stereocenters. The maximum absolute atomic E-state index is 11.1. The minimum Gasteiger partial charge on any atom is -0.481 e. The molecule has 0 aromatic carbocycles. The van der Waals surface area contributed by atoms with Crippen LogP contribution < -0.4 is 0 Å². The van der Waals surface area contributed by atoms with Crippen molar-refractivity contribution in [3.63, 3.8) is 0 Å². The Labute approximate surface area is 179 Å². The summed E-state index contributed by atoms with van der Waals surface area (Å²) in [5, 5.41) is 26.5. The van der Waals surface area contributed by atoms with Gasteiger partial charge in [0.25, 0.3) is 0 Å². The van der Waals surface area contributed by atoms with Crippen LogP contribution in [-0.4, -0.2) is 37.9 Å². The quantitative estimate of drug-likeness (QED) is 0.720. The van der Waals surface area contributed by atoms with E-state index in [9.17, 15) is 14.4 Å². The molecule has 0 saturated heterocycles. The predicted molar refractivity (Wildman–Crippen MR) is 109 cm³/mol. The van der Waals surface area contributed by atoms with E-state index in [2.05, 4.69) is 9.97 Å². The summed E-state index contributed by atoms with van der Waals surface area (Å²) in [6.45, 7) is 1.48. The van der Waals surface area contributed by atoms with E-state index in [1.165, 1.54) is 6.92 Å². The Kier molecular flexibility index (Phi) is 6.75. The molecule has 160 valence electrons. The Morgan fingerprint density at radius 2 is 1.42 bits per heavy atom. The van der Waals surface area contributed by atoms with Crippen molar-refractivity contribution in [3.8, 4) is 6.07 Å². The highest BCUT2D eigenvalue weighted by molar-refractivity contribution is 5.92. The number of hydrogen-bond acceptors (Lipinski definition) is 6. The second-order valence-electron chi connectivity index (χ2n) is 7.83. The minimum absolute atomic E-state index is 0.0526. The monoisotopic (exact) mass is 421 g/mol. The van der Waals surface area contributed by atoms with Gasteiger partial charge in [-0.05, 0) is 61.8 Å². The molecule has 2 aromatic rings. The van der Waals surface area contributed by atoms with Crippen LogP contribution in [0.15, 0.2) is 24.3 Å². The average Bonchev–Trinajstić information content (AvgIpc) is 2.77. The summed E-state index contributed by atoms with van der Waals surface area (Å²) in [5.41, 5.74) is 4.56. The Balaban J connectivity index is 0.000000176. The smallest absolute Gasteiger partial charge is 0.306 e. The predicted octanol–water partition coefficient (Wildman–Crippen LogP) is 2.62. The topological polar surface area (TPSA) is 141 Å². The molecule has 0 amide bonds. The van der Waals surface area contributed by atoms with Crippen molar-refractivity contribution in [3.05, 3.63) is 58.2 Å². The van der Waals surface area contributed by atoms with E-state index in [1.54, 1.807) is 12.1 Å². The first kappa shape index (κ1) is 22.1. The summed E-state index contributed by atoms with van der Waals surface area (Å²) < 4.78 is 0. The van der Waals surface area contributed by atoms with E-state index < -0.39 is 11.9 Å². The lowest BCUT2D eigenvalue weighted by Crippen LogP contribution is -2.23. The number of carbonyl (C=O) groups is 3. The number of hydrogen-bond donors (Lipinski definition) is 2. The molecule has 2 aliphatic carbocycles. The SMILES string of the molecule is CC(=O)c1ccc2c(n1)CCC(C(=O)O)C2.N#Cc1ccc2c(n1)CCC(C(=O)O)C2. The highest BCUT2D eigenvalue weighted by Gasteiger charge is 2.26. The number of aryl methyl sites for hydroxylation is 2. The van der Waals surface area contributed by atoms with Crippen LogP contribution in [0.4, 0.5) is 0 Å². The molecule has 8 nitrogen and oxygen atoms in total. The first-order valence-electron chi connectivity index (χ1n) is 10.1. The van der Waals surface area contributed by atoms with Crippen molar-refractivity contribution >= 4 is 17.7 Å². The zero-order valence-electron chi connectivity index (χ0n) is 17.2. The van der Waals surface area contributed by atoms with Crippen molar-refractivity contribution in [1.29, 1.82) is 5.26 Å². The first-order chi connectivity index (χ1) is 14.8. The number of aromatic nitrogens is 2. The van der Waals surface area contributed by atoms with Crippen LogP contribution >= 0.6 is 0 Å². The van der Waals surface area contributed by atoms with Crippen molar-refractivity contribution in [1.82, 2.24) is 9.97 Å². The van der Waals surface area contributed by atoms with Crippen LogP contribution in [0.3, 0.4) is 0 Å². The van der Waals surface area contributed by atoms with Gasteiger partial charge in [0.05, 0.1) is 11.8 Å². The number of fused-ring (bicyclic) bond motifs is 2. The fourth-order valence-electron chi connectivity index (χ4n) is 3.90. The van der Waals surface area contributed by atoms with Crippen LogP contribution in [0.1, 0.15) is 58.5 Å². The number of aliphatic carboxylic acids is 2. The van der Waals surface area contributed by atoms with Gasteiger partial charge >= 0.3 is 11.9 Å². The van der Waals surface area contributed by atoms with Crippen LogP contribution in [0.5, 0.6) is 0 Å². The molecule has 2 aliphatic rings. The van der Waals surface area contributed by atoms with Crippen LogP contribution in [0.2, 0.25) is 0 Å². The first-order valence-corrected chi connectivity index (χ1v) is 10.1.